The molecule has 0 radical (unpaired) electrons. The zero-order chi connectivity index (χ0) is 25.8. The second-order valence-corrected chi connectivity index (χ2v) is 10.0. The van der Waals surface area contributed by atoms with Crippen LogP contribution in [-0.2, 0) is 11.2 Å². The number of rotatable bonds is 7. The normalized spacial score (nSPS) is 14.9. The maximum atomic E-state index is 13.5. The molecule has 0 aliphatic heterocycles. The van der Waals surface area contributed by atoms with Crippen LogP contribution in [0.5, 0.6) is 0 Å². The van der Waals surface area contributed by atoms with E-state index >= 15 is 0 Å². The van der Waals surface area contributed by atoms with E-state index in [-0.39, 0.29) is 22.7 Å². The van der Waals surface area contributed by atoms with Crippen LogP contribution in [0.15, 0.2) is 71.9 Å². The van der Waals surface area contributed by atoms with E-state index in [9.17, 15) is 9.59 Å². The lowest BCUT2D eigenvalue weighted by atomic mass is 9.95. The van der Waals surface area contributed by atoms with Crippen LogP contribution in [0, 0.1) is 0 Å². The fraction of sp³-hybridized carbons (Fsp3) is 0.296. The average molecular weight is 537 g/mol. The van der Waals surface area contributed by atoms with Gasteiger partial charge in [-0.15, -0.1) is 5.10 Å². The third kappa shape index (κ3) is 5.92. The zero-order valence-corrected chi connectivity index (χ0v) is 21.6. The lowest BCUT2D eigenvalue weighted by molar-refractivity contribution is -0.125. The molecular weight excluding hydrogens is 511 g/mol. The van der Waals surface area contributed by atoms with Crippen molar-refractivity contribution in [3.05, 3.63) is 93.2 Å². The van der Waals surface area contributed by atoms with Crippen LogP contribution in [0.25, 0.3) is 16.9 Å². The number of halogens is 2. The maximum absolute atomic E-state index is 13.5. The molecule has 2 heterocycles. The number of aromatic nitrogens is 5. The van der Waals surface area contributed by atoms with Gasteiger partial charge in [0.25, 0.3) is 5.56 Å². The number of amides is 1. The van der Waals surface area contributed by atoms with Gasteiger partial charge < -0.3 is 5.32 Å². The maximum Gasteiger partial charge on any atom is 0.254 e. The highest BCUT2D eigenvalue weighted by Gasteiger charge is 2.26. The quantitative estimate of drug-likeness (QED) is 0.357. The van der Waals surface area contributed by atoms with Crippen molar-refractivity contribution in [1.29, 1.82) is 0 Å². The van der Waals surface area contributed by atoms with Crippen LogP contribution in [0.2, 0.25) is 10.2 Å². The fourth-order valence-corrected chi connectivity index (χ4v) is 5.06. The largest absolute Gasteiger partial charge is 0.352 e. The van der Waals surface area contributed by atoms with Crippen molar-refractivity contribution in [2.75, 3.05) is 0 Å². The highest BCUT2D eigenvalue weighted by molar-refractivity contribution is 6.31. The molecular formula is C27H26Cl2N6O2. The first-order chi connectivity index (χ1) is 18.0. The van der Waals surface area contributed by atoms with Crippen molar-refractivity contribution in [2.45, 2.75) is 50.6 Å². The summed E-state index contributed by atoms with van der Waals surface area (Å²) in [4.78, 5) is 31.5. The van der Waals surface area contributed by atoms with E-state index in [2.05, 4.69) is 20.6 Å². The van der Waals surface area contributed by atoms with E-state index in [0.29, 0.717) is 28.4 Å². The van der Waals surface area contributed by atoms with Gasteiger partial charge in [0.05, 0.1) is 23.9 Å². The van der Waals surface area contributed by atoms with Crippen molar-refractivity contribution in [3.63, 3.8) is 0 Å². The van der Waals surface area contributed by atoms with Gasteiger partial charge in [-0.05, 0) is 36.6 Å². The third-order valence-electron chi connectivity index (χ3n) is 6.64. The van der Waals surface area contributed by atoms with Gasteiger partial charge >= 0.3 is 0 Å². The summed E-state index contributed by atoms with van der Waals surface area (Å²) in [6, 6.07) is 15.7. The van der Waals surface area contributed by atoms with Crippen LogP contribution >= 0.6 is 23.2 Å². The molecule has 2 aromatic carbocycles. The second kappa shape index (κ2) is 11.3. The smallest absolute Gasteiger partial charge is 0.254 e. The van der Waals surface area contributed by atoms with Gasteiger partial charge in [0.1, 0.15) is 6.04 Å². The van der Waals surface area contributed by atoms with Crippen molar-refractivity contribution in [2.24, 2.45) is 0 Å². The molecule has 5 rings (SSSR count). The molecule has 1 N–H and O–H groups in total. The lowest BCUT2D eigenvalue weighted by Crippen LogP contribution is -2.43. The molecule has 0 saturated heterocycles. The van der Waals surface area contributed by atoms with Crippen LogP contribution in [0.3, 0.4) is 0 Å². The Bertz CT molecular complexity index is 1450. The monoisotopic (exact) mass is 536 g/mol. The highest BCUT2D eigenvalue weighted by atomic mass is 35.5. The molecule has 0 bridgehead atoms. The Labute approximate surface area is 224 Å². The number of carbonyl (C=O) groups is 1. The summed E-state index contributed by atoms with van der Waals surface area (Å²) in [6.45, 7) is 0. The Morgan fingerprint density at radius 3 is 2.54 bits per heavy atom. The summed E-state index contributed by atoms with van der Waals surface area (Å²) in [5.74, 6) is -0.173. The summed E-state index contributed by atoms with van der Waals surface area (Å²) < 4.78 is 2.91. The van der Waals surface area contributed by atoms with Gasteiger partial charge in [0, 0.05) is 29.1 Å². The summed E-state index contributed by atoms with van der Waals surface area (Å²) in [5, 5.41) is 11.7. The third-order valence-corrected chi connectivity index (χ3v) is 7.05. The lowest BCUT2D eigenvalue weighted by Gasteiger charge is -2.26. The molecule has 8 nitrogen and oxygen atoms in total. The first-order valence-corrected chi connectivity index (χ1v) is 13.0. The molecule has 1 aliphatic carbocycles. The minimum absolute atomic E-state index is 0.131. The van der Waals surface area contributed by atoms with Gasteiger partial charge in [0.15, 0.2) is 5.15 Å². The van der Waals surface area contributed by atoms with Crippen molar-refractivity contribution in [1.82, 2.24) is 29.9 Å². The van der Waals surface area contributed by atoms with E-state index in [1.807, 2.05) is 30.3 Å². The van der Waals surface area contributed by atoms with Gasteiger partial charge in [0.2, 0.25) is 5.91 Å². The summed E-state index contributed by atoms with van der Waals surface area (Å²) >= 11 is 12.2. The number of nitrogens with one attached hydrogen (secondary N) is 1. The molecule has 1 atom stereocenters. The molecule has 1 aliphatic rings. The summed E-state index contributed by atoms with van der Waals surface area (Å²) in [7, 11) is 0. The minimum Gasteiger partial charge on any atom is -0.352 e. The van der Waals surface area contributed by atoms with Gasteiger partial charge in [-0.1, -0.05) is 78.0 Å². The van der Waals surface area contributed by atoms with E-state index < -0.39 is 6.04 Å². The van der Waals surface area contributed by atoms with Crippen LogP contribution in [0.4, 0.5) is 0 Å². The molecule has 1 saturated carbocycles. The molecule has 10 heteroatoms. The Balaban J connectivity index is 1.50. The highest BCUT2D eigenvalue weighted by Crippen LogP contribution is 2.28. The molecule has 2 aromatic heterocycles. The summed E-state index contributed by atoms with van der Waals surface area (Å²) in [6.07, 6.45) is 8.68. The number of hydrogen-bond donors (Lipinski definition) is 1. The zero-order valence-electron chi connectivity index (χ0n) is 20.1. The molecule has 4 aromatic rings. The van der Waals surface area contributed by atoms with E-state index in [0.717, 1.165) is 31.2 Å². The SMILES string of the molecule is O=C(NC1CCCCC1)C(Cc1ccccc1)n1cnc(-c2cc(Cl)ccc2-n2cc(Cl)nn2)cc1=O. The van der Waals surface area contributed by atoms with Gasteiger partial charge in [-0.3, -0.25) is 14.2 Å². The standard InChI is InChI=1S/C27H26Cl2N6O2/c28-19-11-12-23(35-16-25(29)32-33-35)21(14-19)22-15-26(36)34(17-30-22)24(13-18-7-3-1-4-8-18)27(37)31-20-9-5-2-6-10-20/h1,3-4,7-8,11-12,14-17,20,24H,2,5-6,9-10,13H2,(H,31,37). The number of nitrogens with zero attached hydrogens (tertiary/aromatic N) is 5. The van der Waals surface area contributed by atoms with Crippen molar-refractivity contribution in [3.8, 4) is 16.9 Å². The molecule has 1 amide bonds. The first-order valence-electron chi connectivity index (χ1n) is 12.3. The Morgan fingerprint density at radius 1 is 1.05 bits per heavy atom. The number of benzene rings is 2. The summed E-state index contributed by atoms with van der Waals surface area (Å²) in [5.41, 5.74) is 2.22. The van der Waals surface area contributed by atoms with E-state index in [4.69, 9.17) is 23.2 Å². The van der Waals surface area contributed by atoms with Gasteiger partial charge in [-0.2, -0.15) is 0 Å². The molecule has 190 valence electrons. The average Bonchev–Trinajstić information content (AvgIpc) is 3.34. The topological polar surface area (TPSA) is 94.7 Å². The minimum atomic E-state index is -0.730. The van der Waals surface area contributed by atoms with Crippen LogP contribution < -0.4 is 10.9 Å². The number of carbonyl (C=O) groups excluding carboxylic acids is 1. The molecule has 1 unspecified atom stereocenters. The number of hydrogen-bond acceptors (Lipinski definition) is 5. The molecule has 0 spiro atoms. The van der Waals surface area contributed by atoms with Crippen molar-refractivity contribution < 1.29 is 4.79 Å². The Hall–Kier alpha value is -3.49. The first kappa shape index (κ1) is 25.2. The Morgan fingerprint density at radius 2 is 1.84 bits per heavy atom. The van der Waals surface area contributed by atoms with E-state index in [1.54, 1.807) is 24.4 Å². The predicted molar refractivity (Wildman–Crippen MR) is 143 cm³/mol. The van der Waals surface area contributed by atoms with Crippen molar-refractivity contribution >= 4 is 29.1 Å². The predicted octanol–water partition coefficient (Wildman–Crippen LogP) is 5.03. The molecule has 1 fully saturated rings. The second-order valence-electron chi connectivity index (χ2n) is 9.22. The Kier molecular flexibility index (Phi) is 7.67. The molecule has 37 heavy (non-hydrogen) atoms. The fourth-order valence-electron chi connectivity index (χ4n) is 4.76. The van der Waals surface area contributed by atoms with Gasteiger partial charge in [-0.25, -0.2) is 9.67 Å². The van der Waals surface area contributed by atoms with Crippen LogP contribution in [-0.4, -0.2) is 36.5 Å². The van der Waals surface area contributed by atoms with Crippen LogP contribution in [0.1, 0.15) is 43.7 Å². The van der Waals surface area contributed by atoms with E-state index in [1.165, 1.54) is 28.1 Å².